The zero-order valence-electron chi connectivity index (χ0n) is 13.1. The highest BCUT2D eigenvalue weighted by molar-refractivity contribution is 7.71. The SMILES string of the molecule is O=C1Nc2c3ccccc3nc(=S)n2C1CCC1CCCCC1. The lowest BCUT2D eigenvalue weighted by Crippen LogP contribution is -2.18. The first-order valence-corrected chi connectivity index (χ1v) is 8.97. The van der Waals surface area contributed by atoms with Crippen molar-refractivity contribution in [1.82, 2.24) is 9.55 Å². The van der Waals surface area contributed by atoms with Crippen molar-refractivity contribution in [1.29, 1.82) is 0 Å². The number of anilines is 1. The van der Waals surface area contributed by atoms with Gasteiger partial charge >= 0.3 is 0 Å². The molecule has 0 bridgehead atoms. The molecule has 1 saturated carbocycles. The number of nitrogens with zero attached hydrogens (tertiary/aromatic N) is 2. The summed E-state index contributed by atoms with van der Waals surface area (Å²) in [6.07, 6.45) is 8.62. The number of carbonyl (C=O) groups excluding carboxylic acids is 1. The van der Waals surface area contributed by atoms with Gasteiger partial charge in [0.1, 0.15) is 11.9 Å². The lowest BCUT2D eigenvalue weighted by Gasteiger charge is -2.22. The van der Waals surface area contributed by atoms with Gasteiger partial charge in [0.25, 0.3) is 0 Å². The summed E-state index contributed by atoms with van der Waals surface area (Å²) in [6, 6.07) is 7.64. The van der Waals surface area contributed by atoms with Gasteiger partial charge in [0.15, 0.2) is 0 Å². The van der Waals surface area contributed by atoms with E-state index in [0.717, 1.165) is 35.5 Å². The van der Waals surface area contributed by atoms with Crippen molar-refractivity contribution in [3.8, 4) is 0 Å². The number of para-hydroxylation sites is 1. The Balaban J connectivity index is 1.65. The minimum Gasteiger partial charge on any atom is -0.310 e. The lowest BCUT2D eigenvalue weighted by molar-refractivity contribution is -0.118. The average molecular weight is 327 g/mol. The van der Waals surface area contributed by atoms with E-state index in [-0.39, 0.29) is 11.9 Å². The number of benzene rings is 1. The van der Waals surface area contributed by atoms with Crippen molar-refractivity contribution in [3.63, 3.8) is 0 Å². The van der Waals surface area contributed by atoms with Crippen LogP contribution in [0, 0.1) is 10.7 Å². The zero-order chi connectivity index (χ0) is 15.8. The first-order chi connectivity index (χ1) is 11.2. The highest BCUT2D eigenvalue weighted by Crippen LogP contribution is 2.36. The van der Waals surface area contributed by atoms with E-state index >= 15 is 0 Å². The summed E-state index contributed by atoms with van der Waals surface area (Å²) < 4.78 is 2.44. The van der Waals surface area contributed by atoms with E-state index in [1.165, 1.54) is 32.1 Å². The quantitative estimate of drug-likeness (QED) is 0.837. The molecule has 0 radical (unpaired) electrons. The average Bonchev–Trinajstić information content (AvgIpc) is 2.91. The molecule has 1 amide bonds. The molecule has 5 heteroatoms. The summed E-state index contributed by atoms with van der Waals surface area (Å²) in [6.45, 7) is 0. The van der Waals surface area contributed by atoms with Crippen molar-refractivity contribution in [2.75, 3.05) is 5.32 Å². The van der Waals surface area contributed by atoms with Gasteiger partial charge in [-0.3, -0.25) is 9.36 Å². The van der Waals surface area contributed by atoms with Crippen LogP contribution in [-0.4, -0.2) is 15.5 Å². The fourth-order valence-corrected chi connectivity index (χ4v) is 4.33. The van der Waals surface area contributed by atoms with Gasteiger partial charge in [-0.2, -0.15) is 0 Å². The zero-order valence-corrected chi connectivity index (χ0v) is 13.9. The second-order valence-electron chi connectivity index (χ2n) is 6.72. The maximum Gasteiger partial charge on any atom is 0.248 e. The summed E-state index contributed by atoms with van der Waals surface area (Å²) in [7, 11) is 0. The fraction of sp³-hybridized carbons (Fsp3) is 0.500. The van der Waals surface area contributed by atoms with Crippen molar-refractivity contribution < 1.29 is 4.79 Å². The largest absolute Gasteiger partial charge is 0.310 e. The van der Waals surface area contributed by atoms with Gasteiger partial charge in [-0.15, -0.1) is 0 Å². The van der Waals surface area contributed by atoms with Crippen LogP contribution in [0.4, 0.5) is 5.82 Å². The maximum absolute atomic E-state index is 12.5. The maximum atomic E-state index is 12.5. The third-order valence-electron chi connectivity index (χ3n) is 5.25. The standard InChI is InChI=1S/C18H21N3OS/c22-17-15(11-10-12-6-2-1-3-7-12)21-16(20-17)13-8-4-5-9-14(13)19-18(21)23/h4-5,8-9,12,15H,1-3,6-7,10-11H2,(H,20,22). The predicted octanol–water partition coefficient (Wildman–Crippen LogP) is 4.62. The Morgan fingerprint density at radius 3 is 2.78 bits per heavy atom. The van der Waals surface area contributed by atoms with Gasteiger partial charge < -0.3 is 5.32 Å². The topological polar surface area (TPSA) is 46.9 Å². The molecule has 1 aromatic carbocycles. The number of nitrogens with one attached hydrogen (secondary N) is 1. The molecule has 1 unspecified atom stereocenters. The summed E-state index contributed by atoms with van der Waals surface area (Å²) in [5.74, 6) is 1.65. The van der Waals surface area contributed by atoms with E-state index in [1.54, 1.807) is 0 Å². The van der Waals surface area contributed by atoms with Gasteiger partial charge in [0.2, 0.25) is 10.7 Å². The monoisotopic (exact) mass is 327 g/mol. The van der Waals surface area contributed by atoms with Crippen LogP contribution < -0.4 is 5.32 Å². The van der Waals surface area contributed by atoms with E-state index in [1.807, 2.05) is 28.8 Å². The molecule has 120 valence electrons. The fourth-order valence-electron chi connectivity index (χ4n) is 4.02. The molecule has 1 N–H and O–H groups in total. The third-order valence-corrected chi connectivity index (χ3v) is 5.54. The van der Waals surface area contributed by atoms with E-state index in [9.17, 15) is 4.79 Å². The van der Waals surface area contributed by atoms with Crippen LogP contribution in [-0.2, 0) is 4.79 Å². The Kier molecular flexibility index (Phi) is 3.89. The van der Waals surface area contributed by atoms with Crippen molar-refractivity contribution in [2.24, 2.45) is 5.92 Å². The molecule has 0 saturated heterocycles. The highest BCUT2D eigenvalue weighted by Gasteiger charge is 2.32. The Hall–Kier alpha value is -1.75. The minimum absolute atomic E-state index is 0.0602. The smallest absolute Gasteiger partial charge is 0.248 e. The molecule has 4 nitrogen and oxygen atoms in total. The third kappa shape index (κ3) is 2.67. The Bertz CT molecular complexity index is 808. The normalized spacial score (nSPS) is 21.4. The number of amides is 1. The van der Waals surface area contributed by atoms with Gasteiger partial charge in [-0.25, -0.2) is 4.98 Å². The van der Waals surface area contributed by atoms with Crippen LogP contribution in [0.25, 0.3) is 10.9 Å². The first-order valence-electron chi connectivity index (χ1n) is 8.56. The molecule has 0 spiro atoms. The second kappa shape index (κ2) is 6.04. The first kappa shape index (κ1) is 14.8. The molecular formula is C18H21N3OS. The van der Waals surface area contributed by atoms with Crippen LogP contribution in [0.1, 0.15) is 51.0 Å². The molecule has 1 aliphatic carbocycles. The number of aromatic nitrogens is 2. The van der Waals surface area contributed by atoms with Gasteiger partial charge in [0.05, 0.1) is 5.52 Å². The van der Waals surface area contributed by atoms with E-state index in [4.69, 9.17) is 12.2 Å². The van der Waals surface area contributed by atoms with E-state index in [2.05, 4.69) is 10.3 Å². The molecule has 2 heterocycles. The molecule has 23 heavy (non-hydrogen) atoms. The van der Waals surface area contributed by atoms with Crippen LogP contribution in [0.5, 0.6) is 0 Å². The van der Waals surface area contributed by atoms with Gasteiger partial charge in [0, 0.05) is 5.39 Å². The summed E-state index contributed by atoms with van der Waals surface area (Å²) in [5, 5.41) is 4.00. The number of rotatable bonds is 3. The minimum atomic E-state index is -0.198. The van der Waals surface area contributed by atoms with E-state index < -0.39 is 0 Å². The van der Waals surface area contributed by atoms with Crippen molar-refractivity contribution in [3.05, 3.63) is 29.0 Å². The Labute approximate surface area is 140 Å². The predicted molar refractivity (Wildman–Crippen MR) is 94.0 cm³/mol. The van der Waals surface area contributed by atoms with Crippen LogP contribution >= 0.6 is 12.2 Å². The summed E-state index contributed by atoms with van der Waals surface area (Å²) >= 11 is 5.47. The lowest BCUT2D eigenvalue weighted by atomic mass is 9.85. The summed E-state index contributed by atoms with van der Waals surface area (Å²) in [4.78, 5) is 17.0. The Morgan fingerprint density at radius 2 is 1.96 bits per heavy atom. The molecule has 4 rings (SSSR count). The second-order valence-corrected chi connectivity index (χ2v) is 7.08. The number of fused-ring (bicyclic) bond motifs is 3. The van der Waals surface area contributed by atoms with Gasteiger partial charge in [-0.05, 0) is 43.1 Å². The van der Waals surface area contributed by atoms with E-state index in [0.29, 0.717) is 4.77 Å². The van der Waals surface area contributed by atoms with Crippen LogP contribution in [0.15, 0.2) is 24.3 Å². The number of hydrogen-bond donors (Lipinski definition) is 1. The van der Waals surface area contributed by atoms with Crippen molar-refractivity contribution >= 4 is 34.8 Å². The molecule has 1 fully saturated rings. The van der Waals surface area contributed by atoms with Crippen LogP contribution in [0.2, 0.25) is 0 Å². The van der Waals surface area contributed by atoms with Crippen molar-refractivity contribution in [2.45, 2.75) is 51.0 Å². The number of hydrogen-bond acceptors (Lipinski definition) is 3. The molecule has 2 aliphatic rings. The Morgan fingerprint density at radius 1 is 1.17 bits per heavy atom. The highest BCUT2D eigenvalue weighted by atomic mass is 32.1. The van der Waals surface area contributed by atoms with Gasteiger partial charge in [-0.1, -0.05) is 44.2 Å². The van der Waals surface area contributed by atoms with Crippen LogP contribution in [0.3, 0.4) is 0 Å². The molecule has 2 aromatic rings. The molecule has 1 atom stereocenters. The number of carbonyl (C=O) groups is 1. The summed E-state index contributed by atoms with van der Waals surface area (Å²) in [5.41, 5.74) is 0.844. The molecule has 1 aromatic heterocycles. The molecule has 1 aliphatic heterocycles. The molecular weight excluding hydrogens is 306 g/mol.